The Morgan fingerprint density at radius 3 is 2.56 bits per heavy atom. The van der Waals surface area contributed by atoms with Crippen molar-refractivity contribution in [1.29, 1.82) is 0 Å². The van der Waals surface area contributed by atoms with Crippen molar-refractivity contribution in [2.75, 3.05) is 20.3 Å². The van der Waals surface area contributed by atoms with E-state index in [0.717, 1.165) is 21.2 Å². The molecule has 0 aliphatic heterocycles. The van der Waals surface area contributed by atoms with Crippen LogP contribution in [0.5, 0.6) is 5.75 Å². The minimum absolute atomic E-state index is 0.00474. The van der Waals surface area contributed by atoms with E-state index in [2.05, 4.69) is 51.0 Å². The third-order valence-corrected chi connectivity index (χ3v) is 3.41. The van der Waals surface area contributed by atoms with Crippen LogP contribution in [0.1, 0.15) is 13.8 Å². The van der Waals surface area contributed by atoms with Crippen molar-refractivity contribution in [2.24, 2.45) is 0 Å². The van der Waals surface area contributed by atoms with Crippen LogP contribution in [-0.2, 0) is 4.74 Å². The Labute approximate surface area is 125 Å². The highest BCUT2D eigenvalue weighted by molar-refractivity contribution is 9.11. The van der Waals surface area contributed by atoms with Crippen LogP contribution < -0.4 is 10.1 Å². The first-order chi connectivity index (χ1) is 8.52. The molecule has 0 heterocycles. The summed E-state index contributed by atoms with van der Waals surface area (Å²) in [6.45, 7) is 5.54. The SMILES string of the molecule is COCC(CNC(C)C)Oc1ccc(Br)cc1Br. The van der Waals surface area contributed by atoms with Gasteiger partial charge in [-0.25, -0.2) is 0 Å². The second kappa shape index (κ2) is 8.15. The second-order valence-corrected chi connectivity index (χ2v) is 6.10. The summed E-state index contributed by atoms with van der Waals surface area (Å²) in [4.78, 5) is 0. The number of nitrogens with one attached hydrogen (secondary N) is 1. The summed E-state index contributed by atoms with van der Waals surface area (Å²) >= 11 is 6.91. The summed E-state index contributed by atoms with van der Waals surface area (Å²) in [7, 11) is 1.68. The molecular weight excluding hydrogens is 362 g/mol. The normalized spacial score (nSPS) is 12.8. The zero-order chi connectivity index (χ0) is 13.5. The smallest absolute Gasteiger partial charge is 0.134 e. The Balaban J connectivity index is 2.64. The van der Waals surface area contributed by atoms with E-state index in [1.165, 1.54) is 0 Å². The highest BCUT2D eigenvalue weighted by atomic mass is 79.9. The van der Waals surface area contributed by atoms with Crippen molar-refractivity contribution in [3.8, 4) is 5.75 Å². The molecule has 0 aromatic heterocycles. The average Bonchev–Trinajstić information content (AvgIpc) is 2.29. The van der Waals surface area contributed by atoms with Gasteiger partial charge in [-0.2, -0.15) is 0 Å². The van der Waals surface area contributed by atoms with Crippen molar-refractivity contribution in [3.63, 3.8) is 0 Å². The molecule has 1 rings (SSSR count). The van der Waals surface area contributed by atoms with Crippen LogP contribution in [0.3, 0.4) is 0 Å². The third kappa shape index (κ3) is 5.69. The van der Waals surface area contributed by atoms with E-state index in [1.807, 2.05) is 18.2 Å². The molecule has 0 radical (unpaired) electrons. The molecule has 1 aromatic carbocycles. The monoisotopic (exact) mass is 379 g/mol. The molecule has 0 amide bonds. The molecule has 0 spiro atoms. The molecule has 1 aromatic rings. The predicted molar refractivity (Wildman–Crippen MR) is 81.3 cm³/mol. The molecule has 0 aliphatic carbocycles. The zero-order valence-corrected chi connectivity index (χ0v) is 14.0. The molecule has 0 fully saturated rings. The molecular formula is C13H19Br2NO2. The minimum Gasteiger partial charge on any atom is -0.486 e. The highest BCUT2D eigenvalue weighted by Crippen LogP contribution is 2.28. The lowest BCUT2D eigenvalue weighted by molar-refractivity contribution is 0.0789. The first-order valence-electron chi connectivity index (χ1n) is 5.87. The van der Waals surface area contributed by atoms with Crippen LogP contribution in [0.15, 0.2) is 27.1 Å². The number of hydrogen-bond donors (Lipinski definition) is 1. The number of methoxy groups -OCH3 is 1. The van der Waals surface area contributed by atoms with Gasteiger partial charge in [-0.1, -0.05) is 29.8 Å². The lowest BCUT2D eigenvalue weighted by Crippen LogP contribution is -2.38. The van der Waals surface area contributed by atoms with Crippen molar-refractivity contribution in [2.45, 2.75) is 26.0 Å². The Kier molecular flexibility index (Phi) is 7.22. The number of hydrogen-bond acceptors (Lipinski definition) is 3. The van der Waals surface area contributed by atoms with Gasteiger partial charge in [0, 0.05) is 24.2 Å². The van der Waals surface area contributed by atoms with E-state index in [9.17, 15) is 0 Å². The first-order valence-corrected chi connectivity index (χ1v) is 7.45. The van der Waals surface area contributed by atoms with E-state index in [1.54, 1.807) is 7.11 Å². The fourth-order valence-corrected chi connectivity index (χ4v) is 2.58. The van der Waals surface area contributed by atoms with Gasteiger partial charge < -0.3 is 14.8 Å². The lowest BCUT2D eigenvalue weighted by Gasteiger charge is -2.21. The summed E-state index contributed by atoms with van der Waals surface area (Å²) in [6.07, 6.45) is -0.00474. The summed E-state index contributed by atoms with van der Waals surface area (Å²) in [5.41, 5.74) is 0. The molecule has 5 heteroatoms. The highest BCUT2D eigenvalue weighted by Gasteiger charge is 2.12. The number of ether oxygens (including phenoxy) is 2. The molecule has 1 atom stereocenters. The lowest BCUT2D eigenvalue weighted by atomic mass is 10.3. The van der Waals surface area contributed by atoms with Crippen LogP contribution in [-0.4, -0.2) is 32.4 Å². The number of rotatable bonds is 7. The van der Waals surface area contributed by atoms with Gasteiger partial charge in [0.1, 0.15) is 11.9 Å². The second-order valence-electron chi connectivity index (χ2n) is 4.33. The fraction of sp³-hybridized carbons (Fsp3) is 0.538. The summed E-state index contributed by atoms with van der Waals surface area (Å²) in [5.74, 6) is 0.825. The van der Waals surface area contributed by atoms with Crippen molar-refractivity contribution in [1.82, 2.24) is 5.32 Å². The van der Waals surface area contributed by atoms with Gasteiger partial charge in [0.05, 0.1) is 11.1 Å². The maximum atomic E-state index is 5.94. The molecule has 0 saturated heterocycles. The van der Waals surface area contributed by atoms with Gasteiger partial charge in [-0.05, 0) is 34.1 Å². The van der Waals surface area contributed by atoms with Gasteiger partial charge in [0.15, 0.2) is 0 Å². The maximum Gasteiger partial charge on any atom is 0.134 e. The predicted octanol–water partition coefficient (Wildman–Crippen LogP) is 3.60. The topological polar surface area (TPSA) is 30.5 Å². The van der Waals surface area contributed by atoms with Gasteiger partial charge in [-0.15, -0.1) is 0 Å². The molecule has 0 saturated carbocycles. The van der Waals surface area contributed by atoms with Crippen molar-refractivity contribution >= 4 is 31.9 Å². The summed E-state index contributed by atoms with van der Waals surface area (Å²) in [5, 5.41) is 3.35. The maximum absolute atomic E-state index is 5.94. The summed E-state index contributed by atoms with van der Waals surface area (Å²) < 4.78 is 13.1. The Hall–Kier alpha value is -0.100. The van der Waals surface area contributed by atoms with Gasteiger partial charge in [0.25, 0.3) is 0 Å². The van der Waals surface area contributed by atoms with E-state index >= 15 is 0 Å². The number of halogens is 2. The third-order valence-electron chi connectivity index (χ3n) is 2.29. The molecule has 1 N–H and O–H groups in total. The van der Waals surface area contributed by atoms with Gasteiger partial charge in [0.2, 0.25) is 0 Å². The largest absolute Gasteiger partial charge is 0.486 e. The van der Waals surface area contributed by atoms with E-state index in [-0.39, 0.29) is 6.10 Å². The first kappa shape index (κ1) is 16.0. The van der Waals surface area contributed by atoms with Crippen LogP contribution >= 0.6 is 31.9 Å². The minimum atomic E-state index is -0.00474. The Bertz CT molecular complexity index is 372. The van der Waals surface area contributed by atoms with Crippen LogP contribution in [0.2, 0.25) is 0 Å². The van der Waals surface area contributed by atoms with E-state index in [0.29, 0.717) is 12.6 Å². The van der Waals surface area contributed by atoms with Crippen molar-refractivity contribution < 1.29 is 9.47 Å². The molecule has 0 bridgehead atoms. The van der Waals surface area contributed by atoms with Crippen LogP contribution in [0.25, 0.3) is 0 Å². The quantitative estimate of drug-likeness (QED) is 0.783. The standard InChI is InChI=1S/C13H19Br2NO2/c1-9(2)16-7-11(8-17-3)18-13-5-4-10(14)6-12(13)15/h4-6,9,11,16H,7-8H2,1-3H3. The Morgan fingerprint density at radius 2 is 2.00 bits per heavy atom. The van der Waals surface area contributed by atoms with Gasteiger partial charge in [-0.3, -0.25) is 0 Å². The Morgan fingerprint density at radius 1 is 1.28 bits per heavy atom. The van der Waals surface area contributed by atoms with E-state index < -0.39 is 0 Å². The van der Waals surface area contributed by atoms with E-state index in [4.69, 9.17) is 9.47 Å². The van der Waals surface area contributed by atoms with Gasteiger partial charge >= 0.3 is 0 Å². The van der Waals surface area contributed by atoms with Crippen molar-refractivity contribution in [3.05, 3.63) is 27.1 Å². The fourth-order valence-electron chi connectivity index (χ4n) is 1.44. The van der Waals surface area contributed by atoms with Crippen LogP contribution in [0.4, 0.5) is 0 Å². The van der Waals surface area contributed by atoms with Crippen LogP contribution in [0, 0.1) is 0 Å². The number of benzene rings is 1. The average molecular weight is 381 g/mol. The molecule has 1 unspecified atom stereocenters. The molecule has 102 valence electrons. The molecule has 0 aliphatic rings. The molecule has 18 heavy (non-hydrogen) atoms. The summed E-state index contributed by atoms with van der Waals surface area (Å²) in [6, 6.07) is 6.29. The molecule has 3 nitrogen and oxygen atoms in total. The zero-order valence-electron chi connectivity index (χ0n) is 10.9.